The topological polar surface area (TPSA) is 54.9 Å². The predicted octanol–water partition coefficient (Wildman–Crippen LogP) is 3.12. The molecule has 0 amide bonds. The molecule has 0 spiro atoms. The van der Waals surface area contributed by atoms with Crippen LogP contribution in [0.3, 0.4) is 0 Å². The number of hydrogen-bond acceptors (Lipinski definition) is 2. The van der Waals surface area contributed by atoms with E-state index >= 15 is 0 Å². The number of aromatic amines is 1. The summed E-state index contributed by atoms with van der Waals surface area (Å²) < 4.78 is 7.23. The molecular formula is C17H22N3O+. The normalized spacial score (nSPS) is 10.0. The fraction of sp³-hybridized carbons (Fsp3) is 0.235. The highest BCUT2D eigenvalue weighted by atomic mass is 16.5. The third-order valence-electron chi connectivity index (χ3n) is 3.25. The largest absolute Gasteiger partial charge is 0.497 e. The van der Waals surface area contributed by atoms with Crippen molar-refractivity contribution in [3.8, 4) is 5.75 Å². The summed E-state index contributed by atoms with van der Waals surface area (Å²) in [5.74, 6) is 1.53. The van der Waals surface area contributed by atoms with Crippen molar-refractivity contribution in [3.05, 3.63) is 54.1 Å². The van der Waals surface area contributed by atoms with E-state index in [0.717, 1.165) is 23.3 Å². The zero-order chi connectivity index (χ0) is 15.2. The first-order valence-electron chi connectivity index (χ1n) is 7.17. The van der Waals surface area contributed by atoms with E-state index in [-0.39, 0.29) is 0 Å². The molecule has 0 saturated heterocycles. The minimum absolute atomic E-state index is 0.664. The Labute approximate surface area is 125 Å². The molecule has 21 heavy (non-hydrogen) atoms. The highest BCUT2D eigenvalue weighted by molar-refractivity contribution is 5.72. The predicted molar refractivity (Wildman–Crippen MR) is 86.4 cm³/mol. The summed E-state index contributed by atoms with van der Waals surface area (Å²) in [5.41, 5.74) is 9.38. The molecular weight excluding hydrogens is 262 g/mol. The van der Waals surface area contributed by atoms with Gasteiger partial charge in [-0.1, -0.05) is 38.1 Å². The number of methoxy groups -OCH3 is 1. The Balaban J connectivity index is 0.000000774. The minimum atomic E-state index is 0.664. The van der Waals surface area contributed by atoms with Gasteiger partial charge in [-0.2, -0.15) is 0 Å². The van der Waals surface area contributed by atoms with Crippen molar-refractivity contribution < 1.29 is 9.30 Å². The van der Waals surface area contributed by atoms with Crippen LogP contribution in [0.25, 0.3) is 11.0 Å². The van der Waals surface area contributed by atoms with Gasteiger partial charge in [0.05, 0.1) is 13.7 Å². The average Bonchev–Trinajstić information content (AvgIpc) is 2.86. The third-order valence-corrected chi connectivity index (χ3v) is 3.25. The van der Waals surface area contributed by atoms with Crippen LogP contribution >= 0.6 is 0 Å². The molecule has 3 rings (SSSR count). The van der Waals surface area contributed by atoms with Gasteiger partial charge in [-0.05, 0) is 29.8 Å². The Morgan fingerprint density at radius 2 is 1.71 bits per heavy atom. The van der Waals surface area contributed by atoms with Crippen molar-refractivity contribution in [1.82, 2.24) is 4.98 Å². The maximum absolute atomic E-state index is 6.04. The van der Waals surface area contributed by atoms with Crippen molar-refractivity contribution >= 4 is 17.0 Å². The molecule has 0 unspecified atom stereocenters. The van der Waals surface area contributed by atoms with Crippen LogP contribution < -0.4 is 15.0 Å². The maximum atomic E-state index is 6.04. The number of anilines is 1. The van der Waals surface area contributed by atoms with E-state index in [2.05, 4.69) is 15.6 Å². The molecule has 4 nitrogen and oxygen atoms in total. The quantitative estimate of drug-likeness (QED) is 0.726. The monoisotopic (exact) mass is 284 g/mol. The van der Waals surface area contributed by atoms with E-state index in [1.165, 1.54) is 5.56 Å². The van der Waals surface area contributed by atoms with Crippen LogP contribution in [0.15, 0.2) is 48.5 Å². The van der Waals surface area contributed by atoms with Crippen LogP contribution in [-0.2, 0) is 6.54 Å². The average molecular weight is 284 g/mol. The van der Waals surface area contributed by atoms with Gasteiger partial charge >= 0.3 is 5.95 Å². The number of fused-ring (bicyclic) bond motifs is 1. The molecule has 110 valence electrons. The maximum Gasteiger partial charge on any atom is 0.353 e. The number of imidazole rings is 1. The fourth-order valence-corrected chi connectivity index (χ4v) is 2.23. The van der Waals surface area contributed by atoms with Crippen LogP contribution in [0, 0.1) is 0 Å². The van der Waals surface area contributed by atoms with E-state index in [1.54, 1.807) is 7.11 Å². The highest BCUT2D eigenvalue weighted by Gasteiger charge is 2.13. The summed E-state index contributed by atoms with van der Waals surface area (Å²) in [7, 11) is 1.67. The lowest BCUT2D eigenvalue weighted by molar-refractivity contribution is -0.647. The van der Waals surface area contributed by atoms with Crippen molar-refractivity contribution in [2.24, 2.45) is 0 Å². The van der Waals surface area contributed by atoms with Gasteiger partial charge in [0.25, 0.3) is 0 Å². The third kappa shape index (κ3) is 3.16. The summed E-state index contributed by atoms with van der Waals surface area (Å²) in [6.45, 7) is 4.74. The second kappa shape index (κ2) is 6.79. The van der Waals surface area contributed by atoms with Gasteiger partial charge in [0.15, 0.2) is 0 Å². The lowest BCUT2D eigenvalue weighted by Crippen LogP contribution is -2.36. The van der Waals surface area contributed by atoms with Crippen molar-refractivity contribution in [2.75, 3.05) is 12.8 Å². The van der Waals surface area contributed by atoms with E-state index in [9.17, 15) is 0 Å². The molecule has 0 aliphatic carbocycles. The van der Waals surface area contributed by atoms with E-state index in [1.807, 2.05) is 56.3 Å². The Morgan fingerprint density at radius 3 is 2.38 bits per heavy atom. The second-order valence-corrected chi connectivity index (χ2v) is 4.46. The van der Waals surface area contributed by atoms with Crippen LogP contribution in [0.4, 0.5) is 5.95 Å². The Morgan fingerprint density at radius 1 is 1.05 bits per heavy atom. The van der Waals surface area contributed by atoms with E-state index in [0.29, 0.717) is 5.95 Å². The van der Waals surface area contributed by atoms with Crippen LogP contribution in [0.2, 0.25) is 0 Å². The second-order valence-electron chi connectivity index (χ2n) is 4.46. The van der Waals surface area contributed by atoms with Crippen molar-refractivity contribution in [2.45, 2.75) is 20.4 Å². The van der Waals surface area contributed by atoms with Crippen molar-refractivity contribution in [3.63, 3.8) is 0 Å². The van der Waals surface area contributed by atoms with Crippen molar-refractivity contribution in [1.29, 1.82) is 0 Å². The van der Waals surface area contributed by atoms with Gasteiger partial charge in [0.1, 0.15) is 16.8 Å². The molecule has 1 heterocycles. The summed E-state index contributed by atoms with van der Waals surface area (Å²) in [6, 6.07) is 16.1. The number of benzene rings is 2. The molecule has 3 N–H and O–H groups in total. The van der Waals surface area contributed by atoms with Crippen LogP contribution in [-0.4, -0.2) is 12.1 Å². The molecule has 0 aliphatic heterocycles. The summed E-state index contributed by atoms with van der Waals surface area (Å²) in [5, 5.41) is 0. The highest BCUT2D eigenvalue weighted by Crippen LogP contribution is 2.14. The van der Waals surface area contributed by atoms with Crippen LogP contribution in [0.1, 0.15) is 19.4 Å². The van der Waals surface area contributed by atoms with Gasteiger partial charge in [0, 0.05) is 0 Å². The molecule has 0 bridgehead atoms. The number of para-hydroxylation sites is 2. The standard InChI is InChI=1S/C15H15N3O.C2H6/c1-19-12-8-6-11(7-9-12)10-18-14-5-3-2-4-13(14)17-15(18)16;1-2/h2-9H,10H2,1H3,(H2,16,17);1-2H3/p+1. The number of H-pyrrole nitrogens is 1. The zero-order valence-corrected chi connectivity index (χ0v) is 12.8. The molecule has 3 aromatic rings. The Hall–Kier alpha value is -2.49. The van der Waals surface area contributed by atoms with Gasteiger partial charge in [-0.3, -0.25) is 5.73 Å². The first-order valence-corrected chi connectivity index (χ1v) is 7.17. The number of nitrogens with one attached hydrogen (secondary N) is 1. The number of nitrogens with two attached hydrogens (primary N) is 1. The lowest BCUT2D eigenvalue weighted by Gasteiger charge is -2.03. The molecule has 0 aliphatic rings. The summed E-state index contributed by atoms with van der Waals surface area (Å²) in [4.78, 5) is 3.19. The number of nitrogen functional groups attached to an aromatic ring is 1. The number of aromatic nitrogens is 2. The van der Waals surface area contributed by atoms with Gasteiger partial charge in [0.2, 0.25) is 0 Å². The number of nitrogens with zero attached hydrogens (tertiary/aromatic N) is 1. The fourth-order valence-electron chi connectivity index (χ4n) is 2.23. The number of hydrogen-bond donors (Lipinski definition) is 2. The molecule has 4 heteroatoms. The smallest absolute Gasteiger partial charge is 0.353 e. The Bertz CT molecular complexity index is 702. The first-order chi connectivity index (χ1) is 10.3. The minimum Gasteiger partial charge on any atom is -0.497 e. The lowest BCUT2D eigenvalue weighted by atomic mass is 10.2. The van der Waals surface area contributed by atoms with Gasteiger partial charge in [-0.25, -0.2) is 9.55 Å². The molecule has 0 saturated carbocycles. The SMILES string of the molecule is CC.COc1ccc(C[n+]2c(N)[nH]c3ccccc32)cc1. The van der Waals surface area contributed by atoms with E-state index < -0.39 is 0 Å². The first kappa shape index (κ1) is 14.9. The molecule has 0 atom stereocenters. The van der Waals surface area contributed by atoms with Crippen LogP contribution in [0.5, 0.6) is 5.75 Å². The molecule has 2 aromatic carbocycles. The molecule has 0 radical (unpaired) electrons. The summed E-state index contributed by atoms with van der Waals surface area (Å²) in [6.07, 6.45) is 0. The Kier molecular flexibility index (Phi) is 4.82. The summed E-state index contributed by atoms with van der Waals surface area (Å²) >= 11 is 0. The van der Waals surface area contributed by atoms with Gasteiger partial charge in [-0.15, -0.1) is 0 Å². The number of ether oxygens (including phenoxy) is 1. The zero-order valence-electron chi connectivity index (χ0n) is 12.8. The molecule has 1 aromatic heterocycles. The van der Waals surface area contributed by atoms with E-state index in [4.69, 9.17) is 10.5 Å². The van der Waals surface area contributed by atoms with Gasteiger partial charge < -0.3 is 4.74 Å². The molecule has 0 fully saturated rings. The number of rotatable bonds is 3.